The number of anilines is 1. The molecule has 224 valence electrons. The molecule has 4 aromatic rings. The Hall–Kier alpha value is -5.15. The SMILES string of the molecule is COc1cccc(C2NC(Cc3ccc(O)cc3)(C(=O)O)C3C(=O)N(c4ccccc4C)C(=O)C23)c1OCc1ccccc1. The lowest BCUT2D eigenvalue weighted by Gasteiger charge is -2.32. The van der Waals surface area contributed by atoms with Crippen LogP contribution in [0.4, 0.5) is 5.69 Å². The summed E-state index contributed by atoms with van der Waals surface area (Å²) in [5.41, 5.74) is 1.29. The molecule has 2 fully saturated rings. The van der Waals surface area contributed by atoms with Crippen LogP contribution in [0, 0.1) is 18.8 Å². The maximum absolute atomic E-state index is 14.4. The quantitative estimate of drug-likeness (QED) is 0.237. The Kier molecular flexibility index (Phi) is 7.57. The molecule has 2 saturated heterocycles. The zero-order valence-electron chi connectivity index (χ0n) is 24.3. The van der Waals surface area contributed by atoms with E-state index in [-0.39, 0.29) is 18.8 Å². The van der Waals surface area contributed by atoms with Crippen molar-refractivity contribution in [1.82, 2.24) is 5.32 Å². The molecule has 9 nitrogen and oxygen atoms in total. The van der Waals surface area contributed by atoms with Gasteiger partial charge in [0.1, 0.15) is 17.9 Å². The lowest BCUT2D eigenvalue weighted by atomic mass is 9.76. The van der Waals surface area contributed by atoms with Gasteiger partial charge < -0.3 is 19.7 Å². The number of imide groups is 1. The van der Waals surface area contributed by atoms with Crippen molar-refractivity contribution in [3.8, 4) is 17.2 Å². The number of nitrogens with one attached hydrogen (secondary N) is 1. The zero-order chi connectivity index (χ0) is 31.0. The van der Waals surface area contributed by atoms with E-state index in [4.69, 9.17) is 9.47 Å². The van der Waals surface area contributed by atoms with Crippen molar-refractivity contribution in [3.05, 3.63) is 119 Å². The molecule has 4 unspecified atom stereocenters. The first-order valence-corrected chi connectivity index (χ1v) is 14.3. The summed E-state index contributed by atoms with van der Waals surface area (Å²) in [6.45, 7) is 2.01. The van der Waals surface area contributed by atoms with Gasteiger partial charge in [0.25, 0.3) is 0 Å². The average Bonchev–Trinajstić information content (AvgIpc) is 3.51. The zero-order valence-corrected chi connectivity index (χ0v) is 24.3. The number of nitrogens with zero attached hydrogens (tertiary/aromatic N) is 1. The second-order valence-electron chi connectivity index (χ2n) is 11.2. The van der Waals surface area contributed by atoms with Gasteiger partial charge in [-0.15, -0.1) is 0 Å². The summed E-state index contributed by atoms with van der Waals surface area (Å²) in [6.07, 6.45) is -0.106. The molecule has 4 atom stereocenters. The molecule has 2 amide bonds. The van der Waals surface area contributed by atoms with Gasteiger partial charge in [-0.25, -0.2) is 4.90 Å². The molecule has 0 radical (unpaired) electrons. The molecular formula is C35H32N2O7. The third-order valence-corrected chi connectivity index (χ3v) is 8.60. The highest BCUT2D eigenvalue weighted by molar-refractivity contribution is 6.24. The Morgan fingerprint density at radius 1 is 0.886 bits per heavy atom. The maximum atomic E-state index is 14.4. The third-order valence-electron chi connectivity index (χ3n) is 8.60. The highest BCUT2D eigenvalue weighted by Crippen LogP contribution is 2.53. The van der Waals surface area contributed by atoms with Crippen molar-refractivity contribution in [1.29, 1.82) is 0 Å². The number of hydrogen-bond donors (Lipinski definition) is 3. The van der Waals surface area contributed by atoms with Crippen molar-refractivity contribution in [2.45, 2.75) is 31.5 Å². The highest BCUT2D eigenvalue weighted by Gasteiger charge is 2.69. The van der Waals surface area contributed by atoms with E-state index >= 15 is 0 Å². The van der Waals surface area contributed by atoms with Crippen molar-refractivity contribution in [2.75, 3.05) is 12.0 Å². The first kappa shape index (κ1) is 28.9. The molecule has 6 rings (SSSR count). The number of aryl methyl sites for hydroxylation is 1. The molecule has 0 saturated carbocycles. The second-order valence-corrected chi connectivity index (χ2v) is 11.2. The number of hydrogen-bond acceptors (Lipinski definition) is 7. The van der Waals surface area contributed by atoms with Crippen LogP contribution in [-0.2, 0) is 27.4 Å². The number of aromatic hydroxyl groups is 1. The van der Waals surface area contributed by atoms with E-state index in [0.29, 0.717) is 33.9 Å². The van der Waals surface area contributed by atoms with Crippen LogP contribution in [0.5, 0.6) is 17.2 Å². The molecule has 0 aromatic heterocycles. The Morgan fingerprint density at radius 3 is 2.27 bits per heavy atom. The van der Waals surface area contributed by atoms with Gasteiger partial charge in [-0.05, 0) is 47.9 Å². The molecule has 44 heavy (non-hydrogen) atoms. The van der Waals surface area contributed by atoms with Gasteiger partial charge in [-0.2, -0.15) is 0 Å². The number of aliphatic carboxylic acids is 1. The summed E-state index contributed by atoms with van der Waals surface area (Å²) in [5.74, 6) is -3.82. The van der Waals surface area contributed by atoms with E-state index in [0.717, 1.165) is 10.5 Å². The minimum absolute atomic E-state index is 0.0303. The summed E-state index contributed by atoms with van der Waals surface area (Å²) in [7, 11) is 1.51. The Balaban J connectivity index is 1.50. The number of para-hydroxylation sites is 2. The summed E-state index contributed by atoms with van der Waals surface area (Å²) >= 11 is 0. The lowest BCUT2D eigenvalue weighted by Crippen LogP contribution is -2.57. The number of fused-ring (bicyclic) bond motifs is 1. The van der Waals surface area contributed by atoms with Gasteiger partial charge >= 0.3 is 5.97 Å². The van der Waals surface area contributed by atoms with E-state index in [1.165, 1.54) is 19.2 Å². The van der Waals surface area contributed by atoms with Crippen molar-refractivity contribution in [2.24, 2.45) is 11.8 Å². The van der Waals surface area contributed by atoms with Crippen LogP contribution < -0.4 is 19.7 Å². The van der Waals surface area contributed by atoms with Crippen LogP contribution >= 0.6 is 0 Å². The molecular weight excluding hydrogens is 560 g/mol. The second kappa shape index (κ2) is 11.5. The number of carbonyl (C=O) groups is 3. The predicted octanol–water partition coefficient (Wildman–Crippen LogP) is 4.80. The largest absolute Gasteiger partial charge is 0.508 e. The van der Waals surface area contributed by atoms with Gasteiger partial charge in [-0.3, -0.25) is 19.7 Å². The number of rotatable bonds is 9. The Labute approximate surface area is 254 Å². The van der Waals surface area contributed by atoms with Crippen LogP contribution in [-0.4, -0.2) is 40.6 Å². The fourth-order valence-corrected chi connectivity index (χ4v) is 6.52. The van der Waals surface area contributed by atoms with Crippen molar-refractivity contribution in [3.63, 3.8) is 0 Å². The average molecular weight is 593 g/mol. The first-order valence-electron chi connectivity index (χ1n) is 14.3. The van der Waals surface area contributed by atoms with Crippen LogP contribution in [0.3, 0.4) is 0 Å². The molecule has 0 spiro atoms. The Bertz CT molecular complexity index is 1720. The fraction of sp³-hybridized carbons (Fsp3) is 0.229. The monoisotopic (exact) mass is 592 g/mol. The molecule has 0 bridgehead atoms. The minimum atomic E-state index is -1.85. The van der Waals surface area contributed by atoms with Crippen LogP contribution in [0.15, 0.2) is 97.1 Å². The number of benzene rings is 4. The summed E-state index contributed by atoms with van der Waals surface area (Å²) < 4.78 is 12.0. The first-order chi connectivity index (χ1) is 21.2. The number of carbonyl (C=O) groups excluding carboxylic acids is 2. The topological polar surface area (TPSA) is 125 Å². The molecule has 0 aliphatic carbocycles. The van der Waals surface area contributed by atoms with Crippen LogP contribution in [0.1, 0.15) is 28.3 Å². The molecule has 4 aromatic carbocycles. The smallest absolute Gasteiger partial charge is 0.325 e. The maximum Gasteiger partial charge on any atom is 0.325 e. The fourth-order valence-electron chi connectivity index (χ4n) is 6.52. The lowest BCUT2D eigenvalue weighted by molar-refractivity contribution is -0.148. The number of phenols is 1. The van der Waals surface area contributed by atoms with Gasteiger partial charge in [0, 0.05) is 18.0 Å². The van der Waals surface area contributed by atoms with E-state index in [2.05, 4.69) is 5.32 Å². The van der Waals surface area contributed by atoms with Crippen LogP contribution in [0.25, 0.3) is 0 Å². The third kappa shape index (κ3) is 4.85. The van der Waals surface area contributed by atoms with Gasteiger partial charge in [0.05, 0.1) is 24.6 Å². The number of amides is 2. The van der Waals surface area contributed by atoms with E-state index in [1.807, 2.05) is 36.4 Å². The number of methoxy groups -OCH3 is 1. The number of ether oxygens (including phenoxy) is 2. The normalized spacial score (nSPS) is 22.6. The highest BCUT2D eigenvalue weighted by atomic mass is 16.5. The molecule has 2 aliphatic rings. The van der Waals surface area contributed by atoms with Crippen molar-refractivity contribution >= 4 is 23.5 Å². The number of carboxylic acid groups (broad SMARTS) is 1. The Morgan fingerprint density at radius 2 is 1.59 bits per heavy atom. The number of carboxylic acids is 1. The minimum Gasteiger partial charge on any atom is -0.508 e. The number of phenolic OH excluding ortho intramolecular Hbond substituents is 1. The van der Waals surface area contributed by atoms with Gasteiger partial charge in [0.15, 0.2) is 11.5 Å². The van der Waals surface area contributed by atoms with E-state index < -0.39 is 41.2 Å². The summed E-state index contributed by atoms with van der Waals surface area (Å²) in [4.78, 5) is 43.2. The molecule has 3 N–H and O–H groups in total. The van der Waals surface area contributed by atoms with Gasteiger partial charge in [0.2, 0.25) is 11.8 Å². The molecule has 2 aliphatic heterocycles. The van der Waals surface area contributed by atoms with Crippen molar-refractivity contribution < 1.29 is 34.1 Å². The van der Waals surface area contributed by atoms with E-state index in [9.17, 15) is 24.6 Å². The van der Waals surface area contributed by atoms with E-state index in [1.54, 1.807) is 55.5 Å². The standard InChI is InChI=1S/C35H32N2O7/c1-21-9-6-7-13-26(21)37-32(39)28-29(33(37)40)35(34(41)42,19-22-15-17-24(38)18-16-22)36-30(28)25-12-8-14-27(43-2)31(25)44-20-23-10-4-3-5-11-23/h3-18,28-30,36,38H,19-20H2,1-2H3,(H,41,42). The predicted molar refractivity (Wildman–Crippen MR) is 162 cm³/mol. The summed E-state index contributed by atoms with van der Waals surface area (Å²) in [5, 5.41) is 24.0. The van der Waals surface area contributed by atoms with Gasteiger partial charge in [-0.1, -0.05) is 72.8 Å². The summed E-state index contributed by atoms with van der Waals surface area (Å²) in [6, 6.07) is 27.1. The van der Waals surface area contributed by atoms with Crippen LogP contribution in [0.2, 0.25) is 0 Å². The molecule has 9 heteroatoms. The molecule has 2 heterocycles.